The van der Waals surface area contributed by atoms with Crippen LogP contribution in [0.5, 0.6) is 0 Å². The van der Waals surface area contributed by atoms with Crippen LogP contribution >= 0.6 is 15.9 Å². The van der Waals surface area contributed by atoms with Crippen molar-refractivity contribution < 1.29 is 18.0 Å². The van der Waals surface area contributed by atoms with Crippen LogP contribution in [0.2, 0.25) is 0 Å². The number of hydrogen-bond donors (Lipinski definition) is 0. The average Bonchev–Trinajstić information content (AvgIpc) is 2.28. The monoisotopic (exact) mass is 308 g/mol. The molecular formula is C12H12BrF3O. The molecule has 0 N–H and O–H groups in total. The standard InChI is InChI=1S/C12H12BrF3O/c1-6(2)12(17)8(13)5-7-3-4-9(14)11(16)10(7)15/h3-4,6,8H,5H2,1-2H3. The van der Waals surface area contributed by atoms with E-state index in [2.05, 4.69) is 15.9 Å². The minimum Gasteiger partial charge on any atom is -0.298 e. The normalized spacial score (nSPS) is 12.9. The third kappa shape index (κ3) is 3.31. The van der Waals surface area contributed by atoms with Crippen molar-refractivity contribution in [3.8, 4) is 0 Å². The Morgan fingerprint density at radius 3 is 2.35 bits per heavy atom. The minimum atomic E-state index is -1.50. The first-order valence-electron chi connectivity index (χ1n) is 5.14. The molecule has 0 aliphatic heterocycles. The van der Waals surface area contributed by atoms with E-state index in [4.69, 9.17) is 0 Å². The van der Waals surface area contributed by atoms with Gasteiger partial charge in [-0.25, -0.2) is 13.2 Å². The highest BCUT2D eigenvalue weighted by atomic mass is 79.9. The van der Waals surface area contributed by atoms with E-state index in [1.807, 2.05) is 0 Å². The molecule has 1 rings (SSSR count). The summed E-state index contributed by atoms with van der Waals surface area (Å²) in [4.78, 5) is 11.0. The molecule has 0 fully saturated rings. The smallest absolute Gasteiger partial charge is 0.194 e. The van der Waals surface area contributed by atoms with Crippen molar-refractivity contribution in [1.29, 1.82) is 0 Å². The van der Waals surface area contributed by atoms with Crippen LogP contribution in [0.3, 0.4) is 0 Å². The lowest BCUT2D eigenvalue weighted by Crippen LogP contribution is -2.22. The Kier molecular flexibility index (Phi) is 4.74. The Labute approximate surface area is 106 Å². The molecule has 0 saturated carbocycles. The van der Waals surface area contributed by atoms with Crippen LogP contribution < -0.4 is 0 Å². The summed E-state index contributed by atoms with van der Waals surface area (Å²) in [6.07, 6.45) is 0.0000463. The second-order valence-corrected chi connectivity index (χ2v) is 5.17. The molecule has 1 nitrogen and oxygen atoms in total. The number of carbonyl (C=O) groups is 1. The van der Waals surface area contributed by atoms with Crippen LogP contribution in [-0.2, 0) is 11.2 Å². The van der Waals surface area contributed by atoms with E-state index >= 15 is 0 Å². The van der Waals surface area contributed by atoms with Crippen LogP contribution in [0.25, 0.3) is 0 Å². The number of benzene rings is 1. The molecule has 0 aliphatic rings. The third-order valence-electron chi connectivity index (χ3n) is 2.39. The maximum absolute atomic E-state index is 13.3. The number of Topliss-reactive ketones (excluding diaryl/α,β-unsaturated/α-hetero) is 1. The summed E-state index contributed by atoms with van der Waals surface area (Å²) >= 11 is 3.13. The zero-order chi connectivity index (χ0) is 13.2. The van der Waals surface area contributed by atoms with E-state index in [1.165, 1.54) is 0 Å². The van der Waals surface area contributed by atoms with Gasteiger partial charge in [0.1, 0.15) is 5.78 Å². The van der Waals surface area contributed by atoms with Crippen molar-refractivity contribution in [2.45, 2.75) is 25.1 Å². The van der Waals surface area contributed by atoms with E-state index in [-0.39, 0.29) is 23.7 Å². The molecule has 0 saturated heterocycles. The number of halogens is 4. The summed E-state index contributed by atoms with van der Waals surface area (Å²) in [7, 11) is 0. The topological polar surface area (TPSA) is 17.1 Å². The molecule has 0 amide bonds. The number of ketones is 1. The number of alkyl halides is 1. The molecule has 0 spiro atoms. The van der Waals surface area contributed by atoms with Gasteiger partial charge >= 0.3 is 0 Å². The maximum atomic E-state index is 13.3. The average molecular weight is 309 g/mol. The Balaban J connectivity index is 2.90. The summed E-state index contributed by atoms with van der Waals surface area (Å²) < 4.78 is 39.0. The van der Waals surface area contributed by atoms with Crippen LogP contribution in [0.4, 0.5) is 13.2 Å². The highest BCUT2D eigenvalue weighted by Crippen LogP contribution is 2.20. The van der Waals surface area contributed by atoms with Crippen LogP contribution in [0, 0.1) is 23.4 Å². The first kappa shape index (κ1) is 14.2. The molecule has 0 aromatic heterocycles. The van der Waals surface area contributed by atoms with E-state index in [0.717, 1.165) is 12.1 Å². The lowest BCUT2D eigenvalue weighted by atomic mass is 10.0. The Morgan fingerprint density at radius 1 is 1.24 bits per heavy atom. The van der Waals surface area contributed by atoms with Gasteiger partial charge < -0.3 is 0 Å². The fraction of sp³-hybridized carbons (Fsp3) is 0.417. The van der Waals surface area contributed by atoms with Crippen LogP contribution in [0.15, 0.2) is 12.1 Å². The summed E-state index contributed by atoms with van der Waals surface area (Å²) in [6.45, 7) is 3.44. The first-order valence-corrected chi connectivity index (χ1v) is 6.06. The molecule has 1 aromatic carbocycles. The third-order valence-corrected chi connectivity index (χ3v) is 3.17. The predicted molar refractivity (Wildman–Crippen MR) is 62.6 cm³/mol. The molecule has 1 aromatic rings. The van der Waals surface area contributed by atoms with Gasteiger partial charge in [0.2, 0.25) is 0 Å². The largest absolute Gasteiger partial charge is 0.298 e. The van der Waals surface area contributed by atoms with Crippen molar-refractivity contribution in [3.05, 3.63) is 35.1 Å². The van der Waals surface area contributed by atoms with Gasteiger partial charge in [0.25, 0.3) is 0 Å². The van der Waals surface area contributed by atoms with Crippen LogP contribution in [-0.4, -0.2) is 10.6 Å². The number of carbonyl (C=O) groups excluding carboxylic acids is 1. The zero-order valence-electron chi connectivity index (χ0n) is 9.44. The molecule has 0 heterocycles. The molecule has 94 valence electrons. The molecule has 1 atom stereocenters. The van der Waals surface area contributed by atoms with E-state index in [9.17, 15) is 18.0 Å². The molecule has 0 bridgehead atoms. The molecule has 17 heavy (non-hydrogen) atoms. The van der Waals surface area contributed by atoms with Crippen molar-refractivity contribution in [1.82, 2.24) is 0 Å². The van der Waals surface area contributed by atoms with Crippen LogP contribution in [0.1, 0.15) is 19.4 Å². The SMILES string of the molecule is CC(C)C(=O)C(Br)Cc1ccc(F)c(F)c1F. The second-order valence-electron chi connectivity index (χ2n) is 4.06. The van der Waals surface area contributed by atoms with Gasteiger partial charge in [-0.3, -0.25) is 4.79 Å². The van der Waals surface area contributed by atoms with Gasteiger partial charge in [-0.15, -0.1) is 0 Å². The quantitative estimate of drug-likeness (QED) is 0.613. The van der Waals surface area contributed by atoms with Crippen molar-refractivity contribution in [3.63, 3.8) is 0 Å². The van der Waals surface area contributed by atoms with E-state index in [1.54, 1.807) is 13.8 Å². The van der Waals surface area contributed by atoms with Crippen molar-refractivity contribution >= 4 is 21.7 Å². The van der Waals surface area contributed by atoms with Gasteiger partial charge in [0, 0.05) is 5.92 Å². The maximum Gasteiger partial charge on any atom is 0.194 e. The summed E-state index contributed by atoms with van der Waals surface area (Å²) in [5.74, 6) is -4.26. The van der Waals surface area contributed by atoms with Gasteiger partial charge in [0.05, 0.1) is 4.83 Å². The zero-order valence-corrected chi connectivity index (χ0v) is 11.0. The minimum absolute atomic E-state index is 0.0000463. The molecule has 0 radical (unpaired) electrons. The Hall–Kier alpha value is -0.840. The fourth-order valence-electron chi connectivity index (χ4n) is 1.38. The van der Waals surface area contributed by atoms with Crippen molar-refractivity contribution in [2.75, 3.05) is 0 Å². The molecule has 5 heteroatoms. The van der Waals surface area contributed by atoms with Crippen molar-refractivity contribution in [2.24, 2.45) is 5.92 Å². The van der Waals surface area contributed by atoms with Gasteiger partial charge in [-0.1, -0.05) is 35.8 Å². The lowest BCUT2D eigenvalue weighted by Gasteiger charge is -2.12. The number of hydrogen-bond acceptors (Lipinski definition) is 1. The second kappa shape index (κ2) is 5.67. The molecule has 1 unspecified atom stereocenters. The van der Waals surface area contributed by atoms with E-state index in [0.29, 0.717) is 0 Å². The predicted octanol–water partition coefficient (Wildman–Crippen LogP) is 3.64. The lowest BCUT2D eigenvalue weighted by molar-refractivity contribution is -0.121. The number of rotatable bonds is 4. The highest BCUT2D eigenvalue weighted by molar-refractivity contribution is 9.10. The van der Waals surface area contributed by atoms with E-state index < -0.39 is 22.3 Å². The highest BCUT2D eigenvalue weighted by Gasteiger charge is 2.22. The van der Waals surface area contributed by atoms with Gasteiger partial charge in [-0.2, -0.15) is 0 Å². The van der Waals surface area contributed by atoms with Gasteiger partial charge in [-0.05, 0) is 18.1 Å². The van der Waals surface area contributed by atoms with Gasteiger partial charge in [0.15, 0.2) is 17.5 Å². The summed E-state index contributed by atoms with van der Waals surface area (Å²) in [5.41, 5.74) is -0.0141. The molecular weight excluding hydrogens is 297 g/mol. The molecule has 0 aliphatic carbocycles. The fourth-order valence-corrected chi connectivity index (χ4v) is 2.26. The Morgan fingerprint density at radius 2 is 1.82 bits per heavy atom. The summed E-state index contributed by atoms with van der Waals surface area (Å²) in [5, 5.41) is 0. The first-order chi connectivity index (χ1) is 7.84. The Bertz CT molecular complexity index is 432. The summed E-state index contributed by atoms with van der Waals surface area (Å²) in [6, 6.07) is 2.00.